The first kappa shape index (κ1) is 39.0. The van der Waals surface area contributed by atoms with E-state index in [0.717, 1.165) is 24.0 Å². The van der Waals surface area contributed by atoms with Crippen LogP contribution in [0.1, 0.15) is 101 Å². The Hall–Kier alpha value is -5.70. The van der Waals surface area contributed by atoms with Gasteiger partial charge in [-0.15, -0.1) is 0 Å². The van der Waals surface area contributed by atoms with Crippen LogP contribution in [-0.4, -0.2) is 0 Å². The summed E-state index contributed by atoms with van der Waals surface area (Å²) in [6, 6.07) is 43.0. The van der Waals surface area contributed by atoms with Gasteiger partial charge >= 0.3 is 0 Å². The lowest BCUT2D eigenvalue weighted by atomic mass is 9.89. The summed E-state index contributed by atoms with van der Waals surface area (Å²) in [6.07, 6.45) is 11.4. The molecule has 0 aliphatic heterocycles. The molecule has 55 heavy (non-hydrogen) atoms. The van der Waals surface area contributed by atoms with Crippen LogP contribution in [0.2, 0.25) is 0 Å². The zero-order valence-corrected chi connectivity index (χ0v) is 33.7. The molecule has 0 heterocycles. The van der Waals surface area contributed by atoms with Crippen LogP contribution in [0, 0.1) is 64.2 Å². The van der Waals surface area contributed by atoms with Crippen molar-refractivity contribution in [3.8, 4) is 56.6 Å². The average molecular weight is 719 g/mol. The summed E-state index contributed by atoms with van der Waals surface area (Å²) in [7, 11) is 0. The van der Waals surface area contributed by atoms with Gasteiger partial charge in [0.25, 0.3) is 0 Å². The second-order valence-corrected chi connectivity index (χ2v) is 15.5. The highest BCUT2D eigenvalue weighted by atomic mass is 14.2. The Bertz CT molecular complexity index is 2190. The number of hydrogen-bond donors (Lipinski definition) is 0. The van der Waals surface area contributed by atoms with Gasteiger partial charge in [-0.1, -0.05) is 117 Å². The third-order valence-electron chi connectivity index (χ3n) is 11.9. The van der Waals surface area contributed by atoms with E-state index in [1.54, 1.807) is 0 Å². The van der Waals surface area contributed by atoms with Gasteiger partial charge in [0.2, 0.25) is 0 Å². The van der Waals surface area contributed by atoms with Crippen molar-refractivity contribution in [3.63, 3.8) is 0 Å². The maximum atomic E-state index is 9.14. The number of rotatable bonds is 14. The van der Waals surface area contributed by atoms with Gasteiger partial charge in [0.05, 0.1) is 23.3 Å². The van der Waals surface area contributed by atoms with Gasteiger partial charge in [0, 0.05) is 0 Å². The second kappa shape index (κ2) is 18.1. The Balaban J connectivity index is 0.931. The molecule has 0 aromatic heterocycles. The van der Waals surface area contributed by atoms with Gasteiger partial charge in [0.15, 0.2) is 0 Å². The first-order chi connectivity index (χ1) is 26.7. The van der Waals surface area contributed by atoms with Crippen molar-refractivity contribution in [1.29, 1.82) is 10.5 Å². The molecule has 276 valence electrons. The molecule has 0 aliphatic rings. The molecule has 2 nitrogen and oxygen atoms in total. The number of nitriles is 2. The van der Waals surface area contributed by atoms with Crippen LogP contribution in [0.3, 0.4) is 0 Å². The Kier molecular flexibility index (Phi) is 12.8. The first-order valence-electron chi connectivity index (χ1n) is 20.1. The minimum Gasteiger partial charge on any atom is -0.192 e. The molecule has 0 saturated heterocycles. The van der Waals surface area contributed by atoms with E-state index in [2.05, 4.69) is 114 Å². The minimum atomic E-state index is 0.691. The zero-order chi connectivity index (χ0) is 38.9. The van der Waals surface area contributed by atoms with Crippen LogP contribution >= 0.6 is 0 Å². The molecule has 0 aliphatic carbocycles. The molecule has 0 amide bonds. The predicted octanol–water partition coefficient (Wildman–Crippen LogP) is 14.5. The van der Waals surface area contributed by atoms with Crippen molar-refractivity contribution in [2.75, 3.05) is 0 Å². The molecule has 0 spiro atoms. The van der Waals surface area contributed by atoms with Crippen molar-refractivity contribution in [1.82, 2.24) is 0 Å². The number of aryl methyl sites for hydroxylation is 4. The Labute approximate surface area is 330 Å². The molecule has 6 rings (SSSR count). The minimum absolute atomic E-state index is 0.691. The highest BCUT2D eigenvalue weighted by Gasteiger charge is 2.13. The Morgan fingerprint density at radius 3 is 1.02 bits per heavy atom. The number of unbranched alkanes of at least 4 members (excludes halogenated alkanes) is 6. The second-order valence-electron chi connectivity index (χ2n) is 15.5. The van der Waals surface area contributed by atoms with Crippen molar-refractivity contribution in [2.45, 2.75) is 99.3 Å². The summed E-state index contributed by atoms with van der Waals surface area (Å²) >= 11 is 0. The van der Waals surface area contributed by atoms with Crippen molar-refractivity contribution in [2.24, 2.45) is 0 Å². The zero-order valence-electron chi connectivity index (χ0n) is 33.7. The summed E-state index contributed by atoms with van der Waals surface area (Å²) in [4.78, 5) is 0. The molecule has 0 fully saturated rings. The maximum Gasteiger partial charge on any atom is 0.0991 e. The normalized spacial score (nSPS) is 11.0. The average Bonchev–Trinajstić information content (AvgIpc) is 3.20. The molecule has 2 heteroatoms. The summed E-state index contributed by atoms with van der Waals surface area (Å²) in [5, 5.41) is 18.3. The topological polar surface area (TPSA) is 47.6 Å². The van der Waals surface area contributed by atoms with Gasteiger partial charge < -0.3 is 0 Å². The van der Waals surface area contributed by atoms with E-state index in [0.29, 0.717) is 11.1 Å². The third-order valence-corrected chi connectivity index (χ3v) is 11.9. The summed E-state index contributed by atoms with van der Waals surface area (Å²) in [5.74, 6) is 0. The predicted molar refractivity (Wildman–Crippen MR) is 232 cm³/mol. The van der Waals surface area contributed by atoms with Gasteiger partial charge in [0.1, 0.15) is 0 Å². The van der Waals surface area contributed by atoms with Crippen molar-refractivity contribution < 1.29 is 0 Å². The number of benzene rings is 6. The standard InChI is InChI=1S/C53H54N2/c1-36-32-48(26-28-50(36)46-20-16-42(34-54)17-21-46)52-30-24-44(38(3)40(52)5)14-12-10-8-7-9-11-13-15-45-25-31-53(41(6)39(45)4)49-27-29-51(37(2)33-49)47-22-18-43(35-55)19-23-47/h16-33H,7-15H2,1-6H3. The van der Waals surface area contributed by atoms with Crippen molar-refractivity contribution in [3.05, 3.63) is 165 Å². The monoisotopic (exact) mass is 718 g/mol. The van der Waals surface area contributed by atoms with E-state index >= 15 is 0 Å². The molecular weight excluding hydrogens is 665 g/mol. The quantitative estimate of drug-likeness (QED) is 0.105. The molecule has 0 atom stereocenters. The lowest BCUT2D eigenvalue weighted by Gasteiger charge is -2.16. The molecule has 0 unspecified atom stereocenters. The third kappa shape index (κ3) is 9.16. The first-order valence-corrected chi connectivity index (χ1v) is 20.1. The van der Waals surface area contributed by atoms with E-state index in [4.69, 9.17) is 10.5 Å². The van der Waals surface area contributed by atoms with Crippen LogP contribution in [0.5, 0.6) is 0 Å². The number of nitrogens with zero attached hydrogens (tertiary/aromatic N) is 2. The van der Waals surface area contributed by atoms with Crippen LogP contribution < -0.4 is 0 Å². The van der Waals surface area contributed by atoms with Gasteiger partial charge in [-0.05, 0) is 181 Å². The van der Waals surface area contributed by atoms with E-state index in [1.165, 1.54) is 123 Å². The highest BCUT2D eigenvalue weighted by Crippen LogP contribution is 2.34. The van der Waals surface area contributed by atoms with Crippen molar-refractivity contribution >= 4 is 0 Å². The fraction of sp³-hybridized carbons (Fsp3) is 0.283. The highest BCUT2D eigenvalue weighted by molar-refractivity contribution is 5.77. The molecule has 0 bridgehead atoms. The summed E-state index contributed by atoms with van der Waals surface area (Å²) in [5.41, 5.74) is 22.4. The van der Waals surface area contributed by atoms with E-state index < -0.39 is 0 Å². The molecular formula is C53H54N2. The molecule has 0 N–H and O–H groups in total. The SMILES string of the molecule is Cc1cc(-c2ccc(CCCCCCCCCc3ccc(-c4ccc(-c5ccc(C#N)cc5)c(C)c4)c(C)c3C)c(C)c2C)ccc1-c1ccc(C#N)cc1. The van der Waals surface area contributed by atoms with Crippen LogP contribution in [0.4, 0.5) is 0 Å². The fourth-order valence-corrected chi connectivity index (χ4v) is 8.19. The van der Waals surface area contributed by atoms with Gasteiger partial charge in [-0.25, -0.2) is 0 Å². The lowest BCUT2D eigenvalue weighted by molar-refractivity contribution is 0.578. The van der Waals surface area contributed by atoms with E-state index in [1.807, 2.05) is 48.5 Å². The maximum absolute atomic E-state index is 9.14. The van der Waals surface area contributed by atoms with E-state index in [9.17, 15) is 0 Å². The Morgan fingerprint density at radius 2 is 0.673 bits per heavy atom. The summed E-state index contributed by atoms with van der Waals surface area (Å²) in [6.45, 7) is 13.5. The molecule has 6 aromatic carbocycles. The summed E-state index contributed by atoms with van der Waals surface area (Å²) < 4.78 is 0. The molecule has 0 radical (unpaired) electrons. The fourth-order valence-electron chi connectivity index (χ4n) is 8.19. The van der Waals surface area contributed by atoms with Crippen LogP contribution in [-0.2, 0) is 12.8 Å². The van der Waals surface area contributed by atoms with Gasteiger partial charge in [-0.3, -0.25) is 0 Å². The van der Waals surface area contributed by atoms with E-state index in [-0.39, 0.29) is 0 Å². The number of hydrogen-bond acceptors (Lipinski definition) is 2. The molecule has 6 aromatic rings. The molecule has 0 saturated carbocycles. The lowest BCUT2D eigenvalue weighted by Crippen LogP contribution is -1.97. The van der Waals surface area contributed by atoms with Crippen LogP contribution in [0.25, 0.3) is 44.5 Å². The van der Waals surface area contributed by atoms with Crippen LogP contribution in [0.15, 0.2) is 109 Å². The largest absolute Gasteiger partial charge is 0.192 e. The smallest absolute Gasteiger partial charge is 0.0991 e. The Morgan fingerprint density at radius 1 is 0.345 bits per heavy atom. The van der Waals surface area contributed by atoms with Gasteiger partial charge in [-0.2, -0.15) is 10.5 Å².